The van der Waals surface area contributed by atoms with Crippen LogP contribution in [0.5, 0.6) is 11.5 Å². The maximum atomic E-state index is 11.8. The maximum Gasteiger partial charge on any atom is 0.258 e. The summed E-state index contributed by atoms with van der Waals surface area (Å²) in [5.41, 5.74) is 0. The number of carbonyl (C=O) groups is 2. The second-order valence-electron chi connectivity index (χ2n) is 5.62. The van der Waals surface area contributed by atoms with E-state index >= 15 is 0 Å². The van der Waals surface area contributed by atoms with Gasteiger partial charge in [-0.05, 0) is 25.0 Å². The first-order valence-electron chi connectivity index (χ1n) is 8.01. The molecule has 0 radical (unpaired) electrons. The maximum absolute atomic E-state index is 11.8. The number of nitrogens with one attached hydrogen (secondary N) is 2. The second kappa shape index (κ2) is 9.02. The van der Waals surface area contributed by atoms with Gasteiger partial charge in [0.25, 0.3) is 5.91 Å². The molecule has 1 aliphatic carbocycles. The number of benzene rings is 1. The molecule has 1 saturated carbocycles. The molecule has 1 aliphatic rings. The minimum atomic E-state index is -0.338. The lowest BCUT2D eigenvalue weighted by molar-refractivity contribution is -0.127. The zero-order valence-electron chi connectivity index (χ0n) is 13.5. The second-order valence-corrected chi connectivity index (χ2v) is 5.62. The van der Waals surface area contributed by atoms with Gasteiger partial charge in [-0.2, -0.15) is 0 Å². The van der Waals surface area contributed by atoms with Crippen molar-refractivity contribution in [2.24, 2.45) is 0 Å². The highest BCUT2D eigenvalue weighted by Crippen LogP contribution is 2.25. The zero-order valence-corrected chi connectivity index (χ0v) is 13.5. The molecule has 0 bridgehead atoms. The van der Waals surface area contributed by atoms with Crippen LogP contribution >= 0.6 is 0 Å². The Kier molecular flexibility index (Phi) is 6.72. The highest BCUT2D eigenvalue weighted by Gasteiger charge is 2.16. The number of amides is 2. The monoisotopic (exact) mass is 320 g/mol. The van der Waals surface area contributed by atoms with Crippen molar-refractivity contribution < 1.29 is 19.1 Å². The Morgan fingerprint density at radius 2 is 1.78 bits per heavy atom. The van der Waals surface area contributed by atoms with Crippen LogP contribution in [0.2, 0.25) is 0 Å². The molecule has 2 amide bonds. The fourth-order valence-corrected chi connectivity index (χ4v) is 2.64. The molecule has 126 valence electrons. The number of hydrogen-bond donors (Lipinski definition) is 2. The lowest BCUT2D eigenvalue weighted by Gasteiger charge is -2.22. The van der Waals surface area contributed by atoms with E-state index in [1.807, 2.05) is 6.07 Å². The first-order valence-corrected chi connectivity index (χ1v) is 8.01. The van der Waals surface area contributed by atoms with E-state index in [-0.39, 0.29) is 31.0 Å². The van der Waals surface area contributed by atoms with Crippen LogP contribution in [0.25, 0.3) is 0 Å². The highest BCUT2D eigenvalue weighted by atomic mass is 16.5. The molecule has 0 saturated heterocycles. The summed E-state index contributed by atoms with van der Waals surface area (Å²) >= 11 is 0. The molecule has 1 aromatic carbocycles. The Balaban J connectivity index is 1.67. The summed E-state index contributed by atoms with van der Waals surface area (Å²) in [4.78, 5) is 23.6. The highest BCUT2D eigenvalue weighted by molar-refractivity contribution is 5.85. The molecule has 6 nitrogen and oxygen atoms in total. The van der Waals surface area contributed by atoms with Gasteiger partial charge in [-0.15, -0.1) is 0 Å². The van der Waals surface area contributed by atoms with E-state index in [0.717, 1.165) is 25.7 Å². The van der Waals surface area contributed by atoms with Crippen molar-refractivity contribution in [1.82, 2.24) is 10.6 Å². The SMILES string of the molecule is COc1ccccc1OCC(=O)NCC(=O)NC1CCCCC1. The van der Waals surface area contributed by atoms with Crippen molar-refractivity contribution in [3.8, 4) is 11.5 Å². The summed E-state index contributed by atoms with van der Waals surface area (Å²) in [6.45, 7) is -0.179. The van der Waals surface area contributed by atoms with E-state index in [1.54, 1.807) is 18.2 Å². The predicted octanol–water partition coefficient (Wildman–Crippen LogP) is 1.64. The van der Waals surface area contributed by atoms with Gasteiger partial charge >= 0.3 is 0 Å². The van der Waals surface area contributed by atoms with Crippen molar-refractivity contribution in [1.29, 1.82) is 0 Å². The molecule has 0 unspecified atom stereocenters. The molecule has 2 N–H and O–H groups in total. The van der Waals surface area contributed by atoms with Crippen molar-refractivity contribution in [2.75, 3.05) is 20.3 Å². The molecule has 0 heterocycles. The predicted molar refractivity (Wildman–Crippen MR) is 86.5 cm³/mol. The largest absolute Gasteiger partial charge is 0.493 e. The molecule has 1 aromatic rings. The lowest BCUT2D eigenvalue weighted by Crippen LogP contribution is -2.43. The summed E-state index contributed by atoms with van der Waals surface area (Å²) < 4.78 is 10.5. The third kappa shape index (κ3) is 5.81. The Morgan fingerprint density at radius 3 is 2.48 bits per heavy atom. The van der Waals surface area contributed by atoms with E-state index in [4.69, 9.17) is 9.47 Å². The molecule has 6 heteroatoms. The number of carbonyl (C=O) groups excluding carboxylic acids is 2. The van der Waals surface area contributed by atoms with Gasteiger partial charge in [-0.3, -0.25) is 9.59 Å². The molecular weight excluding hydrogens is 296 g/mol. The Morgan fingerprint density at radius 1 is 1.09 bits per heavy atom. The van der Waals surface area contributed by atoms with Gasteiger partial charge in [-0.1, -0.05) is 31.4 Å². The fraction of sp³-hybridized carbons (Fsp3) is 0.529. The molecule has 0 aromatic heterocycles. The molecular formula is C17H24N2O4. The van der Waals surface area contributed by atoms with Crippen molar-refractivity contribution in [2.45, 2.75) is 38.1 Å². The van der Waals surface area contributed by atoms with E-state index in [2.05, 4.69) is 10.6 Å². The molecule has 2 rings (SSSR count). The van der Waals surface area contributed by atoms with Crippen LogP contribution in [0.4, 0.5) is 0 Å². The van der Waals surface area contributed by atoms with Gasteiger partial charge in [0.1, 0.15) is 0 Å². The number of ether oxygens (including phenoxy) is 2. The van der Waals surface area contributed by atoms with Crippen LogP contribution in [-0.4, -0.2) is 38.1 Å². The third-order valence-corrected chi connectivity index (χ3v) is 3.84. The van der Waals surface area contributed by atoms with Gasteiger partial charge < -0.3 is 20.1 Å². The zero-order chi connectivity index (χ0) is 16.5. The van der Waals surface area contributed by atoms with E-state index < -0.39 is 0 Å². The van der Waals surface area contributed by atoms with Gasteiger partial charge in [0, 0.05) is 6.04 Å². The normalized spacial score (nSPS) is 14.8. The molecule has 23 heavy (non-hydrogen) atoms. The molecule has 1 fully saturated rings. The Labute approximate surface area is 136 Å². The van der Waals surface area contributed by atoms with Crippen molar-refractivity contribution in [3.63, 3.8) is 0 Å². The summed E-state index contributed by atoms with van der Waals surface area (Å²) in [7, 11) is 1.54. The minimum Gasteiger partial charge on any atom is -0.493 e. The van der Waals surface area contributed by atoms with Crippen molar-refractivity contribution >= 4 is 11.8 Å². The van der Waals surface area contributed by atoms with Crippen molar-refractivity contribution in [3.05, 3.63) is 24.3 Å². The average molecular weight is 320 g/mol. The summed E-state index contributed by atoms with van der Waals surface area (Å²) in [5.74, 6) is 0.574. The smallest absolute Gasteiger partial charge is 0.258 e. The summed E-state index contributed by atoms with van der Waals surface area (Å²) in [6, 6.07) is 7.35. The van der Waals surface area contributed by atoms with Crippen LogP contribution in [0.3, 0.4) is 0 Å². The summed E-state index contributed by atoms with van der Waals surface area (Å²) in [6.07, 6.45) is 5.60. The van der Waals surface area contributed by atoms with Gasteiger partial charge in [-0.25, -0.2) is 0 Å². The van der Waals surface area contributed by atoms with Gasteiger partial charge in [0.15, 0.2) is 18.1 Å². The number of rotatable bonds is 7. The Bertz CT molecular complexity index is 527. The van der Waals surface area contributed by atoms with E-state index in [0.29, 0.717) is 11.5 Å². The van der Waals surface area contributed by atoms with Crippen LogP contribution < -0.4 is 20.1 Å². The standard InChI is InChI=1S/C17H24N2O4/c1-22-14-9-5-6-10-15(14)23-12-17(21)18-11-16(20)19-13-7-3-2-4-8-13/h5-6,9-10,13H,2-4,7-8,11-12H2,1H3,(H,18,21)(H,19,20). The number of para-hydroxylation sites is 2. The van der Waals surface area contributed by atoms with E-state index in [1.165, 1.54) is 13.5 Å². The lowest BCUT2D eigenvalue weighted by atomic mass is 9.95. The number of hydrogen-bond acceptors (Lipinski definition) is 4. The first kappa shape index (κ1) is 17.1. The fourth-order valence-electron chi connectivity index (χ4n) is 2.64. The Hall–Kier alpha value is -2.24. The topological polar surface area (TPSA) is 76.7 Å². The van der Waals surface area contributed by atoms with Crippen LogP contribution in [0, 0.1) is 0 Å². The average Bonchev–Trinajstić information content (AvgIpc) is 2.59. The molecule has 0 aliphatic heterocycles. The van der Waals surface area contributed by atoms with Gasteiger partial charge in [0.2, 0.25) is 5.91 Å². The molecule has 0 spiro atoms. The number of methoxy groups -OCH3 is 1. The molecule has 0 atom stereocenters. The third-order valence-electron chi connectivity index (χ3n) is 3.84. The van der Waals surface area contributed by atoms with Gasteiger partial charge in [0.05, 0.1) is 13.7 Å². The van der Waals surface area contributed by atoms with E-state index in [9.17, 15) is 9.59 Å². The first-order chi connectivity index (χ1) is 11.2. The van der Waals surface area contributed by atoms with Crippen LogP contribution in [-0.2, 0) is 9.59 Å². The van der Waals surface area contributed by atoms with Crippen LogP contribution in [0.1, 0.15) is 32.1 Å². The quantitative estimate of drug-likeness (QED) is 0.801. The summed E-state index contributed by atoms with van der Waals surface area (Å²) in [5, 5.41) is 5.51. The minimum absolute atomic E-state index is 0.0232. The van der Waals surface area contributed by atoms with Crippen LogP contribution in [0.15, 0.2) is 24.3 Å².